The van der Waals surface area contributed by atoms with Crippen molar-refractivity contribution in [3.63, 3.8) is 0 Å². The number of nitrogens with zero attached hydrogens (tertiary/aromatic N) is 1. The number of benzene rings is 1. The van der Waals surface area contributed by atoms with Crippen molar-refractivity contribution in [2.75, 3.05) is 0 Å². The van der Waals surface area contributed by atoms with Gasteiger partial charge >= 0.3 is 0 Å². The van der Waals surface area contributed by atoms with Crippen molar-refractivity contribution in [1.29, 1.82) is 0 Å². The summed E-state index contributed by atoms with van der Waals surface area (Å²) in [6, 6.07) is 7.41. The average Bonchev–Trinajstić information content (AvgIpc) is 2.75. The maximum atomic E-state index is 12.8. The van der Waals surface area contributed by atoms with Gasteiger partial charge in [0.1, 0.15) is 0 Å². The van der Waals surface area contributed by atoms with E-state index in [4.69, 9.17) is 0 Å². The summed E-state index contributed by atoms with van der Waals surface area (Å²) in [5, 5.41) is 0. The lowest BCUT2D eigenvalue weighted by Crippen LogP contribution is -2.02. The molecule has 0 bridgehead atoms. The zero-order valence-corrected chi connectivity index (χ0v) is 14.1. The van der Waals surface area contributed by atoms with E-state index in [9.17, 15) is 9.00 Å². The van der Waals surface area contributed by atoms with Gasteiger partial charge in [-0.1, -0.05) is 18.7 Å². The van der Waals surface area contributed by atoms with Gasteiger partial charge in [-0.15, -0.1) is 0 Å². The number of hydrogen-bond acceptors (Lipinski definition) is 2. The number of carbonyl (C=O) groups is 1. The minimum Gasteiger partial charge on any atom is -0.412 e. The summed E-state index contributed by atoms with van der Waals surface area (Å²) >= 11 is 0. The molecule has 1 aromatic heterocycles. The van der Waals surface area contributed by atoms with Crippen LogP contribution in [0.3, 0.4) is 0 Å². The van der Waals surface area contributed by atoms with Gasteiger partial charge in [-0.05, 0) is 43.2 Å². The summed E-state index contributed by atoms with van der Waals surface area (Å²) in [5.74, 6) is -0.0282. The summed E-state index contributed by atoms with van der Waals surface area (Å²) in [7, 11) is 0.511. The van der Waals surface area contributed by atoms with E-state index in [-0.39, 0.29) is 11.3 Å². The number of carbonyl (C=O) groups excluding carboxylic acids is 1. The van der Waals surface area contributed by atoms with Gasteiger partial charge in [-0.3, -0.25) is 4.79 Å². The molecule has 22 heavy (non-hydrogen) atoms. The second-order valence-corrected chi connectivity index (χ2v) is 6.53. The lowest BCUT2D eigenvalue weighted by atomic mass is 10.1. The monoisotopic (exact) mass is 319 g/mol. The highest BCUT2D eigenvalue weighted by atomic mass is 32.2. The van der Waals surface area contributed by atoms with E-state index in [1.54, 1.807) is 16.7 Å². The zero-order valence-electron chi connectivity index (χ0n) is 13.3. The molecule has 2 rings (SSSR count). The standard InChI is InChI=1S/C17H19NO2S.H2O/c1-6-14-9-15(8-7-11(14)2)21(20)17-10-16(13(4)19)18(5)12(17)3;/h6-10H,1H2,2-5H3;1H2. The van der Waals surface area contributed by atoms with Crippen molar-refractivity contribution in [2.45, 2.75) is 30.6 Å². The Bertz CT molecular complexity index is 760. The van der Waals surface area contributed by atoms with E-state index in [2.05, 4.69) is 6.58 Å². The Morgan fingerprint density at radius 2 is 1.91 bits per heavy atom. The highest BCUT2D eigenvalue weighted by Gasteiger charge is 2.18. The number of ketones is 1. The second-order valence-electron chi connectivity index (χ2n) is 5.09. The van der Waals surface area contributed by atoms with E-state index < -0.39 is 10.8 Å². The Hall–Kier alpha value is -1.98. The molecule has 1 heterocycles. The van der Waals surface area contributed by atoms with Crippen molar-refractivity contribution in [1.82, 2.24) is 4.57 Å². The fourth-order valence-electron chi connectivity index (χ4n) is 2.28. The van der Waals surface area contributed by atoms with Crippen LogP contribution in [-0.4, -0.2) is 20.0 Å². The van der Waals surface area contributed by atoms with Gasteiger partial charge in [-0.2, -0.15) is 0 Å². The predicted octanol–water partition coefficient (Wildman–Crippen LogP) is 2.83. The van der Waals surface area contributed by atoms with E-state index in [1.807, 2.05) is 39.1 Å². The molecule has 0 radical (unpaired) electrons. The van der Waals surface area contributed by atoms with Crippen LogP contribution in [0.25, 0.3) is 6.08 Å². The molecule has 0 spiro atoms. The van der Waals surface area contributed by atoms with E-state index in [1.165, 1.54) is 6.92 Å². The molecule has 0 aliphatic rings. The molecule has 0 aliphatic carbocycles. The first-order valence-electron chi connectivity index (χ1n) is 6.69. The maximum absolute atomic E-state index is 12.8. The van der Waals surface area contributed by atoms with Gasteiger partial charge in [0.2, 0.25) is 0 Å². The predicted molar refractivity (Wildman–Crippen MR) is 89.7 cm³/mol. The molecule has 0 amide bonds. The fourth-order valence-corrected chi connectivity index (χ4v) is 3.58. The van der Waals surface area contributed by atoms with Crippen molar-refractivity contribution < 1.29 is 14.5 Å². The van der Waals surface area contributed by atoms with Crippen molar-refractivity contribution in [2.24, 2.45) is 7.05 Å². The number of aryl methyl sites for hydroxylation is 1. The second kappa shape index (κ2) is 6.85. The molecular formula is C17H21NO3S. The van der Waals surface area contributed by atoms with Gasteiger partial charge in [-0.25, -0.2) is 4.21 Å². The zero-order chi connectivity index (χ0) is 15.7. The molecule has 0 fully saturated rings. The topological polar surface area (TPSA) is 70.6 Å². The molecule has 118 valence electrons. The van der Waals surface area contributed by atoms with E-state index in [0.717, 1.165) is 21.7 Å². The van der Waals surface area contributed by atoms with Crippen LogP contribution >= 0.6 is 0 Å². The highest BCUT2D eigenvalue weighted by Crippen LogP contribution is 2.25. The van der Waals surface area contributed by atoms with Crippen LogP contribution < -0.4 is 0 Å². The van der Waals surface area contributed by atoms with Crippen LogP contribution in [0, 0.1) is 13.8 Å². The van der Waals surface area contributed by atoms with Crippen LogP contribution in [-0.2, 0) is 17.8 Å². The Labute approximate surface area is 133 Å². The number of Topliss-reactive ketones (excluding diaryl/α,β-unsaturated/α-hetero) is 1. The molecular weight excluding hydrogens is 298 g/mol. The van der Waals surface area contributed by atoms with Gasteiger partial charge in [0.05, 0.1) is 21.4 Å². The number of hydrogen-bond donors (Lipinski definition) is 0. The molecule has 2 N–H and O–H groups in total. The lowest BCUT2D eigenvalue weighted by Gasteiger charge is -2.06. The highest BCUT2D eigenvalue weighted by molar-refractivity contribution is 7.85. The van der Waals surface area contributed by atoms with E-state index >= 15 is 0 Å². The van der Waals surface area contributed by atoms with Crippen LogP contribution in [0.1, 0.15) is 34.2 Å². The molecule has 0 saturated heterocycles. The van der Waals surface area contributed by atoms with Crippen LogP contribution in [0.15, 0.2) is 40.6 Å². The summed E-state index contributed by atoms with van der Waals surface area (Å²) in [6.45, 7) is 9.16. The van der Waals surface area contributed by atoms with Gasteiger partial charge < -0.3 is 10.0 Å². The lowest BCUT2D eigenvalue weighted by molar-refractivity contribution is 0.101. The van der Waals surface area contributed by atoms with Crippen molar-refractivity contribution in [3.05, 3.63) is 53.4 Å². The van der Waals surface area contributed by atoms with Crippen LogP contribution in [0.5, 0.6) is 0 Å². The number of rotatable bonds is 4. The SMILES string of the molecule is C=Cc1cc(S(=O)c2cc(C(C)=O)n(C)c2C)ccc1C.O. The maximum Gasteiger partial charge on any atom is 0.176 e. The van der Waals surface area contributed by atoms with Crippen molar-refractivity contribution >= 4 is 22.7 Å². The molecule has 0 aliphatic heterocycles. The molecule has 1 unspecified atom stereocenters. The fraction of sp³-hybridized carbons (Fsp3) is 0.235. The third-order valence-corrected chi connectivity index (χ3v) is 5.23. The summed E-state index contributed by atoms with van der Waals surface area (Å²) in [5.41, 5.74) is 3.49. The smallest absolute Gasteiger partial charge is 0.176 e. The largest absolute Gasteiger partial charge is 0.412 e. The third-order valence-electron chi connectivity index (χ3n) is 3.73. The Morgan fingerprint density at radius 1 is 1.27 bits per heavy atom. The normalized spacial score (nSPS) is 11.6. The Balaban J connectivity index is 0.00000242. The molecule has 1 aromatic carbocycles. The van der Waals surface area contributed by atoms with Gasteiger partial charge in [0.25, 0.3) is 0 Å². The number of aromatic nitrogens is 1. The van der Waals surface area contributed by atoms with Crippen molar-refractivity contribution in [3.8, 4) is 0 Å². The quantitative estimate of drug-likeness (QED) is 0.813. The first kappa shape index (κ1) is 18.1. The Morgan fingerprint density at radius 3 is 2.41 bits per heavy atom. The average molecular weight is 319 g/mol. The first-order chi connectivity index (χ1) is 9.86. The third kappa shape index (κ3) is 3.10. The Kier molecular flexibility index (Phi) is 5.63. The molecule has 4 nitrogen and oxygen atoms in total. The summed E-state index contributed by atoms with van der Waals surface area (Å²) < 4.78 is 14.6. The van der Waals surface area contributed by atoms with Crippen LogP contribution in [0.2, 0.25) is 0 Å². The van der Waals surface area contributed by atoms with Gasteiger partial charge in [0, 0.05) is 24.6 Å². The van der Waals surface area contributed by atoms with Crippen LogP contribution in [0.4, 0.5) is 0 Å². The molecule has 5 heteroatoms. The van der Waals surface area contributed by atoms with Gasteiger partial charge in [0.15, 0.2) is 5.78 Å². The molecule has 0 saturated carbocycles. The minimum atomic E-state index is -1.31. The van der Waals surface area contributed by atoms with E-state index in [0.29, 0.717) is 10.6 Å². The molecule has 2 aromatic rings. The molecule has 1 atom stereocenters. The summed E-state index contributed by atoms with van der Waals surface area (Å²) in [4.78, 5) is 13.0. The first-order valence-corrected chi connectivity index (χ1v) is 7.84. The minimum absolute atomic E-state index is 0. The summed E-state index contributed by atoms with van der Waals surface area (Å²) in [6.07, 6.45) is 1.76.